The minimum atomic E-state index is -0.258. The molecule has 0 radical (unpaired) electrons. The number of rotatable bonds is 6. The molecule has 3 aromatic rings. The van der Waals surface area contributed by atoms with Gasteiger partial charge < -0.3 is 20.5 Å². The summed E-state index contributed by atoms with van der Waals surface area (Å²) in [4.78, 5) is 20.9. The molecular formula is C18H20N6O2. The monoisotopic (exact) mass is 352 g/mol. The molecule has 2 heterocycles. The molecule has 0 atom stereocenters. The summed E-state index contributed by atoms with van der Waals surface area (Å²) in [5, 5.41) is 12.8. The Bertz CT molecular complexity index is 904. The molecule has 8 heteroatoms. The molecule has 0 bridgehead atoms. The topological polar surface area (TPSA) is 105 Å². The Morgan fingerprint density at radius 3 is 2.50 bits per heavy atom. The Kier molecular flexibility index (Phi) is 5.12. The van der Waals surface area contributed by atoms with Gasteiger partial charge in [-0.15, -0.1) is 0 Å². The Morgan fingerprint density at radius 1 is 1.12 bits per heavy atom. The first-order chi connectivity index (χ1) is 12.5. The van der Waals surface area contributed by atoms with Crippen LogP contribution >= 0.6 is 0 Å². The molecule has 0 aliphatic rings. The number of amides is 1. The van der Waals surface area contributed by atoms with Crippen molar-refractivity contribution in [1.29, 1.82) is 0 Å². The van der Waals surface area contributed by atoms with E-state index in [4.69, 9.17) is 4.52 Å². The first-order valence-corrected chi connectivity index (χ1v) is 8.24. The van der Waals surface area contributed by atoms with Crippen LogP contribution in [0.1, 0.15) is 28.7 Å². The zero-order valence-electron chi connectivity index (χ0n) is 14.8. The first-order valence-electron chi connectivity index (χ1n) is 8.24. The SMILES string of the molecule is CCNc1nc(C)cc(Nc2ccc(NC(=O)c3cnoc3C)cc2)n1. The molecule has 3 N–H and O–H groups in total. The largest absolute Gasteiger partial charge is 0.361 e. The van der Waals surface area contributed by atoms with Crippen LogP contribution in [0.3, 0.4) is 0 Å². The third-order valence-electron chi connectivity index (χ3n) is 3.60. The summed E-state index contributed by atoms with van der Waals surface area (Å²) in [6.07, 6.45) is 1.40. The van der Waals surface area contributed by atoms with Gasteiger partial charge in [0, 0.05) is 29.7 Å². The maximum atomic E-state index is 12.2. The van der Waals surface area contributed by atoms with Crippen LogP contribution in [0.4, 0.5) is 23.1 Å². The Balaban J connectivity index is 1.68. The molecule has 1 amide bonds. The molecule has 2 aromatic heterocycles. The maximum absolute atomic E-state index is 12.2. The molecule has 3 rings (SSSR count). The number of aromatic nitrogens is 3. The average Bonchev–Trinajstić information content (AvgIpc) is 3.02. The van der Waals surface area contributed by atoms with Gasteiger partial charge in [-0.05, 0) is 45.0 Å². The van der Waals surface area contributed by atoms with E-state index in [9.17, 15) is 4.79 Å². The third-order valence-corrected chi connectivity index (χ3v) is 3.60. The van der Waals surface area contributed by atoms with Crippen molar-refractivity contribution in [1.82, 2.24) is 15.1 Å². The lowest BCUT2D eigenvalue weighted by molar-refractivity contribution is 0.102. The van der Waals surface area contributed by atoms with E-state index in [1.807, 2.05) is 44.2 Å². The van der Waals surface area contributed by atoms with Crippen molar-refractivity contribution in [2.24, 2.45) is 0 Å². The molecule has 26 heavy (non-hydrogen) atoms. The number of anilines is 4. The minimum Gasteiger partial charge on any atom is -0.361 e. The fourth-order valence-electron chi connectivity index (χ4n) is 2.37. The van der Waals surface area contributed by atoms with Crippen LogP contribution in [0.25, 0.3) is 0 Å². The lowest BCUT2D eigenvalue weighted by Crippen LogP contribution is -2.12. The maximum Gasteiger partial charge on any atom is 0.260 e. The standard InChI is InChI=1S/C18H20N6O2/c1-4-19-18-21-11(2)9-16(24-18)22-13-5-7-14(8-6-13)23-17(25)15-10-20-26-12(15)3/h5-10H,4H2,1-3H3,(H,23,25)(H2,19,21,22,24). The van der Waals surface area contributed by atoms with Gasteiger partial charge in [-0.3, -0.25) is 4.79 Å². The van der Waals surface area contributed by atoms with Crippen LogP contribution in [0.2, 0.25) is 0 Å². The van der Waals surface area contributed by atoms with Gasteiger partial charge >= 0.3 is 0 Å². The van der Waals surface area contributed by atoms with Crippen molar-refractivity contribution in [2.75, 3.05) is 22.5 Å². The lowest BCUT2D eigenvalue weighted by atomic mass is 10.2. The van der Waals surface area contributed by atoms with Crippen molar-refractivity contribution in [3.8, 4) is 0 Å². The molecule has 0 aliphatic carbocycles. The van der Waals surface area contributed by atoms with E-state index in [0.29, 0.717) is 28.8 Å². The highest BCUT2D eigenvalue weighted by Gasteiger charge is 2.12. The van der Waals surface area contributed by atoms with Gasteiger partial charge in [0.05, 0.1) is 6.20 Å². The van der Waals surface area contributed by atoms with Gasteiger partial charge in [0.15, 0.2) is 0 Å². The van der Waals surface area contributed by atoms with E-state index >= 15 is 0 Å². The number of hydrogen-bond donors (Lipinski definition) is 3. The molecular weight excluding hydrogens is 332 g/mol. The van der Waals surface area contributed by atoms with Crippen LogP contribution in [0.15, 0.2) is 41.1 Å². The highest BCUT2D eigenvalue weighted by molar-refractivity contribution is 6.04. The molecule has 0 aliphatic heterocycles. The smallest absolute Gasteiger partial charge is 0.260 e. The molecule has 0 spiro atoms. The Hall–Kier alpha value is -3.42. The molecule has 8 nitrogen and oxygen atoms in total. The van der Waals surface area contributed by atoms with Crippen LogP contribution in [-0.2, 0) is 0 Å². The summed E-state index contributed by atoms with van der Waals surface area (Å²) >= 11 is 0. The summed E-state index contributed by atoms with van der Waals surface area (Å²) in [6.45, 7) is 6.36. The van der Waals surface area contributed by atoms with E-state index in [0.717, 1.165) is 17.9 Å². The number of carbonyl (C=O) groups excluding carboxylic acids is 1. The number of benzene rings is 1. The van der Waals surface area contributed by atoms with E-state index in [1.165, 1.54) is 6.20 Å². The van der Waals surface area contributed by atoms with Crippen molar-refractivity contribution in [3.63, 3.8) is 0 Å². The van der Waals surface area contributed by atoms with Crippen LogP contribution in [0, 0.1) is 13.8 Å². The van der Waals surface area contributed by atoms with Crippen molar-refractivity contribution in [2.45, 2.75) is 20.8 Å². The van der Waals surface area contributed by atoms with E-state index in [2.05, 4.69) is 31.1 Å². The molecule has 0 saturated carbocycles. The van der Waals surface area contributed by atoms with Crippen LogP contribution < -0.4 is 16.0 Å². The fraction of sp³-hybridized carbons (Fsp3) is 0.222. The zero-order chi connectivity index (χ0) is 18.5. The predicted molar refractivity (Wildman–Crippen MR) is 99.9 cm³/mol. The van der Waals surface area contributed by atoms with Crippen LogP contribution in [0.5, 0.6) is 0 Å². The normalized spacial score (nSPS) is 10.4. The molecule has 0 fully saturated rings. The second kappa shape index (κ2) is 7.64. The van der Waals surface area contributed by atoms with Crippen molar-refractivity contribution in [3.05, 3.63) is 53.5 Å². The minimum absolute atomic E-state index is 0.258. The zero-order valence-corrected chi connectivity index (χ0v) is 14.8. The second-order valence-electron chi connectivity index (χ2n) is 5.70. The summed E-state index contributed by atoms with van der Waals surface area (Å²) in [6, 6.07) is 9.21. The van der Waals surface area contributed by atoms with Gasteiger partial charge in [0.25, 0.3) is 5.91 Å². The predicted octanol–water partition coefficient (Wildman–Crippen LogP) is 3.51. The number of nitrogens with one attached hydrogen (secondary N) is 3. The third kappa shape index (κ3) is 4.15. The van der Waals surface area contributed by atoms with Gasteiger partial charge in [-0.25, -0.2) is 4.98 Å². The second-order valence-corrected chi connectivity index (χ2v) is 5.70. The summed E-state index contributed by atoms with van der Waals surface area (Å²) < 4.78 is 4.91. The van der Waals surface area contributed by atoms with Gasteiger partial charge in [-0.2, -0.15) is 4.98 Å². The molecule has 0 saturated heterocycles. The number of hydrogen-bond acceptors (Lipinski definition) is 7. The highest BCUT2D eigenvalue weighted by Crippen LogP contribution is 2.20. The highest BCUT2D eigenvalue weighted by atomic mass is 16.5. The lowest BCUT2D eigenvalue weighted by Gasteiger charge is -2.10. The van der Waals surface area contributed by atoms with E-state index < -0.39 is 0 Å². The first kappa shape index (κ1) is 17.4. The fourth-order valence-corrected chi connectivity index (χ4v) is 2.37. The van der Waals surface area contributed by atoms with E-state index in [1.54, 1.807) is 6.92 Å². The molecule has 0 unspecified atom stereocenters. The number of aryl methyl sites for hydroxylation is 2. The quantitative estimate of drug-likeness (QED) is 0.623. The van der Waals surface area contributed by atoms with Gasteiger partial charge in [0.2, 0.25) is 5.95 Å². The number of nitrogens with zero attached hydrogens (tertiary/aromatic N) is 3. The van der Waals surface area contributed by atoms with Crippen molar-refractivity contribution >= 4 is 29.0 Å². The average molecular weight is 352 g/mol. The summed E-state index contributed by atoms with van der Waals surface area (Å²) in [5.41, 5.74) is 2.81. The van der Waals surface area contributed by atoms with Gasteiger partial charge in [0.1, 0.15) is 17.1 Å². The summed E-state index contributed by atoms with van der Waals surface area (Å²) in [7, 11) is 0. The number of carbonyl (C=O) groups is 1. The van der Waals surface area contributed by atoms with E-state index in [-0.39, 0.29) is 5.91 Å². The Labute approximate surface area is 151 Å². The summed E-state index contributed by atoms with van der Waals surface area (Å²) in [5.74, 6) is 1.51. The Morgan fingerprint density at radius 2 is 1.85 bits per heavy atom. The molecule has 134 valence electrons. The van der Waals surface area contributed by atoms with Crippen molar-refractivity contribution < 1.29 is 9.32 Å². The van der Waals surface area contributed by atoms with Crippen LogP contribution in [-0.4, -0.2) is 27.6 Å². The molecule has 1 aromatic carbocycles. The van der Waals surface area contributed by atoms with Gasteiger partial charge in [-0.1, -0.05) is 5.16 Å².